The number of amides is 1. The number of aromatic hydroxyl groups is 1. The van der Waals surface area contributed by atoms with Crippen molar-refractivity contribution >= 4 is 33.0 Å². The third-order valence-electron chi connectivity index (χ3n) is 4.50. The van der Waals surface area contributed by atoms with Crippen molar-refractivity contribution in [3.63, 3.8) is 0 Å². The molecule has 0 bridgehead atoms. The summed E-state index contributed by atoms with van der Waals surface area (Å²) in [5.41, 5.74) is -0.847. The van der Waals surface area contributed by atoms with E-state index in [0.717, 1.165) is 0 Å². The van der Waals surface area contributed by atoms with Crippen molar-refractivity contribution in [2.45, 2.75) is 43.3 Å². The van der Waals surface area contributed by atoms with Gasteiger partial charge in [-0.25, -0.2) is 12.8 Å². The van der Waals surface area contributed by atoms with Gasteiger partial charge in [0.1, 0.15) is 16.3 Å². The molecule has 6 nitrogen and oxygen atoms in total. The Morgan fingerprint density at radius 3 is 2.42 bits per heavy atom. The lowest BCUT2D eigenvalue weighted by molar-refractivity contribution is -0.123. The van der Waals surface area contributed by atoms with Crippen LogP contribution in [0.2, 0.25) is 5.02 Å². The van der Waals surface area contributed by atoms with Gasteiger partial charge in [-0.15, -0.1) is 0 Å². The maximum absolute atomic E-state index is 13.8. The minimum Gasteiger partial charge on any atom is -0.504 e. The lowest BCUT2D eigenvalue weighted by Gasteiger charge is -2.34. The number of anilines is 1. The molecule has 1 amide bonds. The molecule has 1 aromatic carbocycles. The van der Waals surface area contributed by atoms with E-state index in [1.54, 1.807) is 20.8 Å². The first kappa shape index (κ1) is 20.9. The minimum atomic E-state index is -4.32. The van der Waals surface area contributed by atoms with Crippen LogP contribution < -0.4 is 5.32 Å². The summed E-state index contributed by atoms with van der Waals surface area (Å²) in [6.45, 7) is 4.10. The second kappa shape index (κ2) is 7.32. The van der Waals surface area contributed by atoms with Crippen molar-refractivity contribution in [3.05, 3.63) is 17.2 Å². The van der Waals surface area contributed by atoms with Gasteiger partial charge in [0, 0.05) is 18.6 Å². The lowest BCUT2D eigenvalue weighted by atomic mass is 9.95. The maximum atomic E-state index is 13.8. The molecule has 26 heavy (non-hydrogen) atoms. The van der Waals surface area contributed by atoms with Gasteiger partial charge < -0.3 is 15.2 Å². The number of phenolic OH excluding ortho intramolecular Hbond substituents is 1. The predicted molar refractivity (Wildman–Crippen MR) is 97.1 cm³/mol. The highest BCUT2D eigenvalue weighted by Gasteiger charge is 2.48. The quantitative estimate of drug-likeness (QED) is 0.747. The van der Waals surface area contributed by atoms with Crippen LogP contribution in [0.1, 0.15) is 33.6 Å². The number of carbonyl (C=O) groups is 1. The Labute approximate surface area is 157 Å². The van der Waals surface area contributed by atoms with Gasteiger partial charge in [-0.05, 0) is 25.0 Å². The molecule has 0 aromatic heterocycles. The first-order chi connectivity index (χ1) is 12.0. The van der Waals surface area contributed by atoms with E-state index in [9.17, 15) is 22.7 Å². The van der Waals surface area contributed by atoms with Gasteiger partial charge in [0.05, 0.1) is 10.7 Å². The highest BCUT2D eigenvalue weighted by Crippen LogP contribution is 2.44. The number of alkyl halides is 1. The summed E-state index contributed by atoms with van der Waals surface area (Å²) in [6.07, 6.45) is -0.0830. The minimum absolute atomic E-state index is 0.0415. The zero-order chi connectivity index (χ0) is 19.8. The van der Waals surface area contributed by atoms with E-state index < -0.39 is 43.2 Å². The maximum Gasteiger partial charge on any atom is 0.229 e. The van der Waals surface area contributed by atoms with Gasteiger partial charge in [-0.2, -0.15) is 0 Å². The number of ether oxygens (including phenoxy) is 1. The molecule has 9 heteroatoms. The molecule has 0 unspecified atom stereocenters. The highest BCUT2D eigenvalue weighted by molar-refractivity contribution is 7.93. The van der Waals surface area contributed by atoms with Crippen LogP contribution in [0.15, 0.2) is 17.0 Å². The fourth-order valence-corrected chi connectivity index (χ4v) is 5.07. The van der Waals surface area contributed by atoms with Gasteiger partial charge in [-0.1, -0.05) is 32.4 Å². The van der Waals surface area contributed by atoms with Crippen molar-refractivity contribution in [3.8, 4) is 5.75 Å². The zero-order valence-electron chi connectivity index (χ0n) is 14.9. The Balaban J connectivity index is 2.55. The van der Waals surface area contributed by atoms with Crippen molar-refractivity contribution in [1.82, 2.24) is 0 Å². The van der Waals surface area contributed by atoms with E-state index in [0.29, 0.717) is 0 Å². The molecule has 1 saturated heterocycles. The molecule has 0 aliphatic carbocycles. The fourth-order valence-electron chi connectivity index (χ4n) is 2.65. The fraction of sp³-hybridized carbons (Fsp3) is 0.588. The van der Waals surface area contributed by atoms with Crippen LogP contribution in [-0.4, -0.2) is 44.1 Å². The van der Waals surface area contributed by atoms with Crippen molar-refractivity contribution in [2.24, 2.45) is 5.41 Å². The number of hydrogen-bond donors (Lipinski definition) is 2. The van der Waals surface area contributed by atoms with Crippen molar-refractivity contribution in [2.75, 3.05) is 25.2 Å². The Hall–Kier alpha value is -1.38. The van der Waals surface area contributed by atoms with Crippen molar-refractivity contribution in [1.29, 1.82) is 0 Å². The Bertz CT molecular complexity index is 798. The normalized spacial score (nSPS) is 17.7. The number of halogens is 2. The standard InChI is InChI=1S/C17H23ClFNO5S/c1-16(2,3)15(22)20-12-5-4-11(18)14(13(12)21)26(23,24)17(10-19)6-8-25-9-7-17/h4-5,21H,6-10H2,1-3H3,(H,20,22). The Morgan fingerprint density at radius 2 is 1.92 bits per heavy atom. The number of sulfone groups is 1. The van der Waals surface area contributed by atoms with Gasteiger partial charge in [0.15, 0.2) is 15.6 Å². The summed E-state index contributed by atoms with van der Waals surface area (Å²) in [6, 6.07) is 2.57. The molecule has 1 aromatic rings. The van der Waals surface area contributed by atoms with Crippen LogP contribution >= 0.6 is 11.6 Å². The third-order valence-corrected chi connectivity index (χ3v) is 7.53. The molecule has 0 spiro atoms. The zero-order valence-corrected chi connectivity index (χ0v) is 16.5. The van der Waals surface area contributed by atoms with E-state index in [2.05, 4.69) is 5.32 Å². The molecule has 1 aliphatic heterocycles. The molecule has 0 radical (unpaired) electrons. The summed E-state index contributed by atoms with van der Waals surface area (Å²) < 4.78 is 43.6. The van der Waals surface area contributed by atoms with E-state index in [4.69, 9.17) is 16.3 Å². The second-order valence-corrected chi connectivity index (χ2v) is 10.1. The smallest absolute Gasteiger partial charge is 0.229 e. The number of benzene rings is 1. The molecule has 2 N–H and O–H groups in total. The van der Waals surface area contributed by atoms with E-state index in [1.807, 2.05) is 0 Å². The van der Waals surface area contributed by atoms with Gasteiger partial charge in [0.2, 0.25) is 5.91 Å². The monoisotopic (exact) mass is 407 g/mol. The molecule has 0 saturated carbocycles. The SMILES string of the molecule is CC(C)(C)C(=O)Nc1ccc(Cl)c(S(=O)(=O)C2(CF)CCOCC2)c1O. The average molecular weight is 408 g/mol. The summed E-state index contributed by atoms with van der Waals surface area (Å²) in [7, 11) is -4.32. The van der Waals surface area contributed by atoms with Gasteiger partial charge in [0.25, 0.3) is 0 Å². The molecule has 2 rings (SSSR count). The van der Waals surface area contributed by atoms with Crippen LogP contribution in [-0.2, 0) is 19.4 Å². The Morgan fingerprint density at radius 1 is 1.35 bits per heavy atom. The largest absolute Gasteiger partial charge is 0.504 e. The van der Waals surface area contributed by atoms with Gasteiger partial charge in [-0.3, -0.25) is 4.79 Å². The van der Waals surface area contributed by atoms with Crippen LogP contribution in [0.5, 0.6) is 5.75 Å². The molecule has 1 aliphatic rings. The second-order valence-electron chi connectivity index (χ2n) is 7.41. The number of rotatable bonds is 4. The number of hydrogen-bond acceptors (Lipinski definition) is 5. The number of phenols is 1. The predicted octanol–water partition coefficient (Wildman–Crippen LogP) is 3.32. The summed E-state index contributed by atoms with van der Waals surface area (Å²) in [5.74, 6) is -1.10. The lowest BCUT2D eigenvalue weighted by Crippen LogP contribution is -2.46. The molecule has 1 fully saturated rings. The van der Waals surface area contributed by atoms with E-state index in [-0.39, 0.29) is 36.8 Å². The molecular formula is C17H23ClFNO5S. The highest BCUT2D eigenvalue weighted by atomic mass is 35.5. The van der Waals surface area contributed by atoms with Crippen LogP contribution in [0, 0.1) is 5.41 Å². The van der Waals surface area contributed by atoms with Crippen LogP contribution in [0.3, 0.4) is 0 Å². The number of carbonyl (C=O) groups excluding carboxylic acids is 1. The summed E-state index contributed by atoms with van der Waals surface area (Å²) in [5, 5.41) is 12.8. The van der Waals surface area contributed by atoms with Gasteiger partial charge >= 0.3 is 0 Å². The number of nitrogens with one attached hydrogen (secondary N) is 1. The molecular weight excluding hydrogens is 385 g/mol. The van der Waals surface area contributed by atoms with Crippen LogP contribution in [0.4, 0.5) is 10.1 Å². The molecule has 146 valence electrons. The Kier molecular flexibility index (Phi) is 5.90. The first-order valence-electron chi connectivity index (χ1n) is 8.17. The van der Waals surface area contributed by atoms with Crippen molar-refractivity contribution < 1.29 is 27.4 Å². The van der Waals surface area contributed by atoms with Crippen LogP contribution in [0.25, 0.3) is 0 Å². The first-order valence-corrected chi connectivity index (χ1v) is 10.0. The topological polar surface area (TPSA) is 92.7 Å². The molecule has 0 atom stereocenters. The summed E-state index contributed by atoms with van der Waals surface area (Å²) in [4.78, 5) is 11.6. The molecule has 1 heterocycles. The summed E-state index contributed by atoms with van der Waals surface area (Å²) >= 11 is 6.05. The third kappa shape index (κ3) is 3.68. The van der Waals surface area contributed by atoms with E-state index >= 15 is 0 Å². The van der Waals surface area contributed by atoms with E-state index in [1.165, 1.54) is 12.1 Å². The average Bonchev–Trinajstić information content (AvgIpc) is 2.56.